The number of benzene rings is 2. The summed E-state index contributed by atoms with van der Waals surface area (Å²) in [4.78, 5) is 28.5. The molecule has 2 saturated heterocycles. The molecule has 0 radical (unpaired) electrons. The van der Waals surface area contributed by atoms with Crippen LogP contribution in [-0.2, 0) is 25.5 Å². The number of methoxy groups -OCH3 is 1. The van der Waals surface area contributed by atoms with E-state index in [0.29, 0.717) is 25.2 Å². The lowest BCUT2D eigenvalue weighted by Crippen LogP contribution is -2.50. The minimum absolute atomic E-state index is 0.0182. The highest BCUT2D eigenvalue weighted by molar-refractivity contribution is 7.90. The predicted octanol–water partition coefficient (Wildman–Crippen LogP) is 3.47. The zero-order valence-electron chi connectivity index (χ0n) is 21.1. The van der Waals surface area contributed by atoms with Gasteiger partial charge in [-0.1, -0.05) is 19.1 Å². The summed E-state index contributed by atoms with van der Waals surface area (Å²) in [6, 6.07) is 7.15. The standard InChI is InChI=1S/C26H29F3N2O6S/c1-15-10-21(31(12-15)25(33)20-11-19(38(3,34)35)8-9-22(20)36-2)24(32)30-23(17-13-37-14-17)16-4-6-18(7-5-16)26(27,28)29/h4-9,11,15,17,21,23H,10,12-14H2,1-3H3,(H,30,32)/t15-,21-,23+/m1/s1. The Balaban J connectivity index is 1.60. The number of likely N-dealkylation sites (tertiary alicyclic amines) is 1. The largest absolute Gasteiger partial charge is 0.496 e. The van der Waals surface area contributed by atoms with Gasteiger partial charge in [-0.05, 0) is 48.2 Å². The van der Waals surface area contributed by atoms with Crippen LogP contribution in [-0.4, -0.2) is 64.3 Å². The fourth-order valence-electron chi connectivity index (χ4n) is 4.81. The number of halogens is 3. The van der Waals surface area contributed by atoms with Crippen LogP contribution in [0.15, 0.2) is 47.4 Å². The maximum atomic E-state index is 13.6. The summed E-state index contributed by atoms with van der Waals surface area (Å²) >= 11 is 0. The number of rotatable bonds is 7. The van der Waals surface area contributed by atoms with Crippen molar-refractivity contribution >= 4 is 21.7 Å². The van der Waals surface area contributed by atoms with E-state index in [1.807, 2.05) is 6.92 Å². The highest BCUT2D eigenvalue weighted by Crippen LogP contribution is 2.34. The van der Waals surface area contributed by atoms with Gasteiger partial charge in [0, 0.05) is 18.7 Å². The van der Waals surface area contributed by atoms with Gasteiger partial charge in [-0.25, -0.2) is 8.42 Å². The Kier molecular flexibility index (Phi) is 7.76. The average Bonchev–Trinajstić information content (AvgIpc) is 3.22. The van der Waals surface area contributed by atoms with Gasteiger partial charge in [-0.2, -0.15) is 13.2 Å². The summed E-state index contributed by atoms with van der Waals surface area (Å²) in [6.07, 6.45) is -3.08. The molecule has 12 heteroatoms. The van der Waals surface area contributed by atoms with Crippen LogP contribution in [0.2, 0.25) is 0 Å². The Morgan fingerprint density at radius 1 is 1.13 bits per heavy atom. The molecule has 0 saturated carbocycles. The van der Waals surface area contributed by atoms with Crippen molar-refractivity contribution in [2.45, 2.75) is 36.5 Å². The molecule has 2 aromatic carbocycles. The molecule has 3 atom stereocenters. The summed E-state index contributed by atoms with van der Waals surface area (Å²) in [5, 5.41) is 2.94. The zero-order chi connectivity index (χ0) is 27.8. The summed E-state index contributed by atoms with van der Waals surface area (Å²) in [5.74, 6) is -0.969. The van der Waals surface area contributed by atoms with E-state index in [-0.39, 0.29) is 34.6 Å². The number of carbonyl (C=O) groups excluding carboxylic acids is 2. The van der Waals surface area contributed by atoms with Crippen molar-refractivity contribution in [1.29, 1.82) is 0 Å². The van der Waals surface area contributed by atoms with E-state index >= 15 is 0 Å². The Morgan fingerprint density at radius 2 is 1.79 bits per heavy atom. The molecule has 0 spiro atoms. The molecule has 2 aliphatic rings. The van der Waals surface area contributed by atoms with Crippen LogP contribution < -0.4 is 10.1 Å². The number of nitrogens with one attached hydrogen (secondary N) is 1. The van der Waals surface area contributed by atoms with E-state index in [1.54, 1.807) is 0 Å². The van der Waals surface area contributed by atoms with Crippen molar-refractivity contribution < 1.29 is 40.7 Å². The highest BCUT2D eigenvalue weighted by Gasteiger charge is 2.41. The van der Waals surface area contributed by atoms with Crippen LogP contribution >= 0.6 is 0 Å². The minimum atomic E-state index is -4.48. The lowest BCUT2D eigenvalue weighted by molar-refractivity contribution is -0.137. The molecule has 1 N–H and O–H groups in total. The molecule has 0 aromatic heterocycles. The van der Waals surface area contributed by atoms with Gasteiger partial charge in [0.2, 0.25) is 5.91 Å². The monoisotopic (exact) mass is 554 g/mol. The van der Waals surface area contributed by atoms with E-state index in [0.717, 1.165) is 18.4 Å². The number of carbonyl (C=O) groups is 2. The van der Waals surface area contributed by atoms with Crippen molar-refractivity contribution in [1.82, 2.24) is 10.2 Å². The molecule has 2 heterocycles. The number of amides is 2. The lowest BCUT2D eigenvalue weighted by atomic mass is 9.90. The molecular formula is C26H29F3N2O6S. The molecule has 0 bridgehead atoms. The fourth-order valence-corrected chi connectivity index (χ4v) is 5.45. The molecule has 2 fully saturated rings. The molecule has 206 valence electrons. The quantitative estimate of drug-likeness (QED) is 0.563. The maximum Gasteiger partial charge on any atom is 0.416 e. The molecule has 38 heavy (non-hydrogen) atoms. The normalized spacial score (nSPS) is 21.1. The third-order valence-electron chi connectivity index (χ3n) is 6.93. The summed E-state index contributed by atoms with van der Waals surface area (Å²) in [7, 11) is -2.24. The third-order valence-corrected chi connectivity index (χ3v) is 8.04. The Morgan fingerprint density at radius 3 is 2.32 bits per heavy atom. The van der Waals surface area contributed by atoms with Gasteiger partial charge in [0.1, 0.15) is 11.8 Å². The van der Waals surface area contributed by atoms with E-state index in [1.165, 1.54) is 42.3 Å². The highest BCUT2D eigenvalue weighted by atomic mass is 32.2. The Hall–Kier alpha value is -3.12. The first kappa shape index (κ1) is 27.9. The van der Waals surface area contributed by atoms with Crippen LogP contribution in [0.5, 0.6) is 5.75 Å². The molecule has 0 aliphatic carbocycles. The van der Waals surface area contributed by atoms with E-state index in [9.17, 15) is 31.2 Å². The first-order valence-electron chi connectivity index (χ1n) is 12.0. The second-order valence-corrected chi connectivity index (χ2v) is 11.9. The average molecular weight is 555 g/mol. The van der Waals surface area contributed by atoms with Crippen LogP contribution in [0.4, 0.5) is 13.2 Å². The third kappa shape index (κ3) is 5.80. The Bertz CT molecular complexity index is 1310. The van der Waals surface area contributed by atoms with Gasteiger partial charge in [-0.15, -0.1) is 0 Å². The van der Waals surface area contributed by atoms with E-state index in [4.69, 9.17) is 9.47 Å². The van der Waals surface area contributed by atoms with Gasteiger partial charge >= 0.3 is 6.18 Å². The lowest BCUT2D eigenvalue weighted by Gasteiger charge is -2.36. The number of hydrogen-bond donors (Lipinski definition) is 1. The second kappa shape index (κ2) is 10.6. The summed E-state index contributed by atoms with van der Waals surface area (Å²) in [6.45, 7) is 2.84. The first-order valence-corrected chi connectivity index (χ1v) is 13.9. The van der Waals surface area contributed by atoms with Crippen molar-refractivity contribution in [2.75, 3.05) is 33.1 Å². The van der Waals surface area contributed by atoms with Crippen LogP contribution in [0.25, 0.3) is 0 Å². The minimum Gasteiger partial charge on any atom is -0.496 e. The second-order valence-electron chi connectivity index (χ2n) is 9.85. The summed E-state index contributed by atoms with van der Waals surface area (Å²) in [5.41, 5.74) is -0.261. The topological polar surface area (TPSA) is 102 Å². The smallest absolute Gasteiger partial charge is 0.416 e. The molecule has 8 nitrogen and oxygen atoms in total. The number of sulfone groups is 1. The van der Waals surface area contributed by atoms with E-state index in [2.05, 4.69) is 5.32 Å². The van der Waals surface area contributed by atoms with Crippen molar-refractivity contribution in [3.63, 3.8) is 0 Å². The van der Waals surface area contributed by atoms with E-state index < -0.39 is 45.5 Å². The number of hydrogen-bond acceptors (Lipinski definition) is 6. The predicted molar refractivity (Wildman–Crippen MR) is 131 cm³/mol. The van der Waals surface area contributed by atoms with Gasteiger partial charge < -0.3 is 19.7 Å². The Labute approximate surface area is 219 Å². The molecular weight excluding hydrogens is 525 g/mol. The van der Waals surface area contributed by atoms with Gasteiger partial charge in [0.05, 0.1) is 42.4 Å². The van der Waals surface area contributed by atoms with Gasteiger partial charge in [0.15, 0.2) is 9.84 Å². The van der Waals surface area contributed by atoms with Crippen molar-refractivity contribution in [3.05, 3.63) is 59.2 Å². The number of alkyl halides is 3. The number of nitrogens with zero attached hydrogens (tertiary/aromatic N) is 1. The molecule has 2 aromatic rings. The summed E-state index contributed by atoms with van der Waals surface area (Å²) < 4.78 is 73.8. The molecule has 4 rings (SSSR count). The zero-order valence-corrected chi connectivity index (χ0v) is 21.9. The van der Waals surface area contributed by atoms with Gasteiger partial charge in [0.25, 0.3) is 5.91 Å². The van der Waals surface area contributed by atoms with Crippen molar-refractivity contribution in [3.8, 4) is 5.75 Å². The number of ether oxygens (including phenoxy) is 2. The SMILES string of the molecule is COc1ccc(S(C)(=O)=O)cc1C(=O)N1C[C@H](C)C[C@@H]1C(=O)N[C@@H](c1ccc(C(F)(F)F)cc1)C1COC1. The molecule has 2 amide bonds. The maximum absolute atomic E-state index is 13.6. The van der Waals surface area contributed by atoms with Gasteiger partial charge in [-0.3, -0.25) is 9.59 Å². The van der Waals surface area contributed by atoms with Crippen LogP contribution in [0.1, 0.15) is 40.9 Å². The van der Waals surface area contributed by atoms with Crippen LogP contribution in [0, 0.1) is 11.8 Å². The van der Waals surface area contributed by atoms with Crippen molar-refractivity contribution in [2.24, 2.45) is 11.8 Å². The van der Waals surface area contributed by atoms with Crippen LogP contribution in [0.3, 0.4) is 0 Å². The molecule has 2 aliphatic heterocycles. The molecule has 0 unspecified atom stereocenters. The first-order chi connectivity index (χ1) is 17.8. The fraction of sp³-hybridized carbons (Fsp3) is 0.462.